The van der Waals surface area contributed by atoms with Gasteiger partial charge in [0.15, 0.2) is 0 Å². The second-order valence-corrected chi connectivity index (χ2v) is 2.24. The Kier molecular flexibility index (Phi) is 3.27. The van der Waals surface area contributed by atoms with Crippen LogP contribution in [0.25, 0.3) is 0 Å². The first kappa shape index (κ1) is 8.77. The van der Waals surface area contributed by atoms with E-state index in [2.05, 4.69) is 12.5 Å². The van der Waals surface area contributed by atoms with Crippen LogP contribution in [0, 0.1) is 17.8 Å². The minimum atomic E-state index is -1.11. The molecule has 0 amide bonds. The third-order valence-corrected chi connectivity index (χ3v) is 1.03. The molecule has 0 heterocycles. The van der Waals surface area contributed by atoms with Crippen molar-refractivity contribution in [3.8, 4) is 11.8 Å². The highest BCUT2D eigenvalue weighted by atomic mass is 16.4. The van der Waals surface area contributed by atoms with Crippen molar-refractivity contribution in [3.05, 3.63) is 12.2 Å². The topological polar surface area (TPSA) is 37.3 Å². The molecule has 0 radical (unpaired) electrons. The maximum absolute atomic E-state index is 9.91. The molecule has 0 unspecified atom stereocenters. The smallest absolute Gasteiger partial charge is 0.382 e. The molecule has 0 aromatic carbocycles. The fraction of sp³-hybridized carbons (Fsp3) is 0.375. The third kappa shape index (κ3) is 3.73. The molecule has 0 spiro atoms. The lowest BCUT2D eigenvalue weighted by atomic mass is 10.1. The second kappa shape index (κ2) is 3.73. The standard InChI is InChI=1S/C8H10O2/c1-6(2)7(3)4-5-8(9)10/h6H,3H2,1-2H3,(H,9,10). The van der Waals surface area contributed by atoms with Crippen molar-refractivity contribution in [2.24, 2.45) is 5.92 Å². The van der Waals surface area contributed by atoms with Gasteiger partial charge in [-0.2, -0.15) is 0 Å². The van der Waals surface area contributed by atoms with Crippen LogP contribution in [0.1, 0.15) is 13.8 Å². The van der Waals surface area contributed by atoms with Gasteiger partial charge in [-0.1, -0.05) is 26.3 Å². The Morgan fingerprint density at radius 2 is 2.00 bits per heavy atom. The molecule has 1 N–H and O–H groups in total. The zero-order chi connectivity index (χ0) is 8.15. The van der Waals surface area contributed by atoms with Gasteiger partial charge in [-0.05, 0) is 11.5 Å². The molecule has 0 rings (SSSR count). The minimum absolute atomic E-state index is 0.229. The zero-order valence-corrected chi connectivity index (χ0v) is 6.14. The largest absolute Gasteiger partial charge is 0.472 e. The van der Waals surface area contributed by atoms with E-state index in [0.717, 1.165) is 0 Å². The quantitative estimate of drug-likeness (QED) is 0.554. The van der Waals surface area contributed by atoms with Gasteiger partial charge >= 0.3 is 5.97 Å². The van der Waals surface area contributed by atoms with E-state index in [-0.39, 0.29) is 5.92 Å². The lowest BCUT2D eigenvalue weighted by Gasteiger charge is -1.97. The number of hydrogen-bond donors (Lipinski definition) is 1. The molecule has 0 saturated carbocycles. The Labute approximate surface area is 60.6 Å². The van der Waals surface area contributed by atoms with Crippen molar-refractivity contribution >= 4 is 5.97 Å². The van der Waals surface area contributed by atoms with Gasteiger partial charge in [-0.3, -0.25) is 0 Å². The molecule has 0 bridgehead atoms. The number of carboxylic acids is 1. The summed E-state index contributed by atoms with van der Waals surface area (Å²) in [6.07, 6.45) is 0. The van der Waals surface area contributed by atoms with Crippen LogP contribution >= 0.6 is 0 Å². The van der Waals surface area contributed by atoms with E-state index in [9.17, 15) is 4.79 Å². The molecular formula is C8H10O2. The minimum Gasteiger partial charge on any atom is -0.472 e. The monoisotopic (exact) mass is 138 g/mol. The van der Waals surface area contributed by atoms with Gasteiger partial charge < -0.3 is 5.11 Å². The van der Waals surface area contributed by atoms with Crippen LogP contribution in [0.2, 0.25) is 0 Å². The molecule has 0 atom stereocenters. The molecule has 0 aliphatic carbocycles. The highest BCUT2D eigenvalue weighted by Crippen LogP contribution is 2.03. The van der Waals surface area contributed by atoms with Crippen LogP contribution in [-0.2, 0) is 4.79 Å². The second-order valence-electron chi connectivity index (χ2n) is 2.24. The molecule has 0 saturated heterocycles. The summed E-state index contributed by atoms with van der Waals surface area (Å²) in [6, 6.07) is 0. The molecule has 0 aromatic heterocycles. The van der Waals surface area contributed by atoms with Crippen LogP contribution < -0.4 is 0 Å². The number of hydrogen-bond acceptors (Lipinski definition) is 1. The highest BCUT2D eigenvalue weighted by Gasteiger charge is 1.94. The van der Waals surface area contributed by atoms with Crippen LogP contribution in [0.15, 0.2) is 12.2 Å². The van der Waals surface area contributed by atoms with Gasteiger partial charge in [0.05, 0.1) is 0 Å². The number of rotatable bonds is 1. The maximum atomic E-state index is 9.91. The molecule has 54 valence electrons. The summed E-state index contributed by atoms with van der Waals surface area (Å²) in [5, 5.41) is 8.13. The Bertz CT molecular complexity index is 203. The van der Waals surface area contributed by atoms with Crippen molar-refractivity contribution < 1.29 is 9.90 Å². The van der Waals surface area contributed by atoms with Gasteiger partial charge in [0.1, 0.15) is 0 Å². The molecular weight excluding hydrogens is 128 g/mol. The van der Waals surface area contributed by atoms with Crippen molar-refractivity contribution in [3.63, 3.8) is 0 Å². The first-order valence-electron chi connectivity index (χ1n) is 2.97. The van der Waals surface area contributed by atoms with Crippen molar-refractivity contribution in [2.75, 3.05) is 0 Å². The maximum Gasteiger partial charge on any atom is 0.382 e. The SMILES string of the molecule is C=C(C#CC(=O)O)C(C)C. The van der Waals surface area contributed by atoms with Crippen molar-refractivity contribution in [1.29, 1.82) is 0 Å². The van der Waals surface area contributed by atoms with Crippen LogP contribution in [-0.4, -0.2) is 11.1 Å². The summed E-state index contributed by atoms with van der Waals surface area (Å²) < 4.78 is 0. The lowest BCUT2D eigenvalue weighted by Crippen LogP contribution is -1.91. The fourth-order valence-corrected chi connectivity index (χ4v) is 0.278. The lowest BCUT2D eigenvalue weighted by molar-refractivity contribution is -0.130. The molecule has 0 aliphatic rings. The number of aliphatic carboxylic acids is 1. The van der Waals surface area contributed by atoms with E-state index >= 15 is 0 Å². The van der Waals surface area contributed by atoms with E-state index in [1.807, 2.05) is 19.8 Å². The number of carboxylic acid groups (broad SMARTS) is 1. The van der Waals surface area contributed by atoms with E-state index in [0.29, 0.717) is 5.57 Å². The van der Waals surface area contributed by atoms with Gasteiger partial charge in [0.25, 0.3) is 0 Å². The van der Waals surface area contributed by atoms with Gasteiger partial charge in [-0.25, -0.2) is 4.79 Å². The first-order chi connectivity index (χ1) is 4.54. The predicted octanol–water partition coefficient (Wildman–Crippen LogP) is 1.29. The summed E-state index contributed by atoms with van der Waals surface area (Å²) in [5.41, 5.74) is 0.655. The molecule has 0 aromatic rings. The summed E-state index contributed by atoms with van der Waals surface area (Å²) in [7, 11) is 0. The summed E-state index contributed by atoms with van der Waals surface area (Å²) in [4.78, 5) is 9.91. The molecule has 0 aliphatic heterocycles. The Balaban J connectivity index is 4.06. The fourth-order valence-electron chi connectivity index (χ4n) is 0.278. The number of allylic oxidation sites excluding steroid dienone is 1. The molecule has 2 nitrogen and oxygen atoms in total. The van der Waals surface area contributed by atoms with Crippen LogP contribution in [0.3, 0.4) is 0 Å². The molecule has 10 heavy (non-hydrogen) atoms. The Morgan fingerprint density at radius 3 is 2.30 bits per heavy atom. The van der Waals surface area contributed by atoms with Gasteiger partial charge in [-0.15, -0.1) is 0 Å². The van der Waals surface area contributed by atoms with E-state index < -0.39 is 5.97 Å². The Hall–Kier alpha value is -1.23. The predicted molar refractivity (Wildman–Crippen MR) is 39.4 cm³/mol. The molecule has 0 fully saturated rings. The van der Waals surface area contributed by atoms with E-state index in [1.165, 1.54) is 0 Å². The summed E-state index contributed by atoms with van der Waals surface area (Å²) in [5.74, 6) is 3.55. The third-order valence-electron chi connectivity index (χ3n) is 1.03. The number of carbonyl (C=O) groups is 1. The zero-order valence-electron chi connectivity index (χ0n) is 6.14. The normalized spacial score (nSPS) is 8.30. The van der Waals surface area contributed by atoms with E-state index in [4.69, 9.17) is 5.11 Å². The average molecular weight is 138 g/mol. The average Bonchev–Trinajstić information content (AvgIpc) is 1.82. The van der Waals surface area contributed by atoms with Crippen LogP contribution in [0.5, 0.6) is 0 Å². The summed E-state index contributed by atoms with van der Waals surface area (Å²) in [6.45, 7) is 7.42. The van der Waals surface area contributed by atoms with E-state index in [1.54, 1.807) is 0 Å². The Morgan fingerprint density at radius 1 is 1.50 bits per heavy atom. The van der Waals surface area contributed by atoms with Gasteiger partial charge in [0.2, 0.25) is 0 Å². The van der Waals surface area contributed by atoms with Gasteiger partial charge in [0, 0.05) is 5.92 Å². The first-order valence-corrected chi connectivity index (χ1v) is 2.97. The molecule has 2 heteroatoms. The summed E-state index contributed by atoms with van der Waals surface area (Å²) >= 11 is 0. The van der Waals surface area contributed by atoms with Crippen molar-refractivity contribution in [2.45, 2.75) is 13.8 Å². The van der Waals surface area contributed by atoms with Crippen molar-refractivity contribution in [1.82, 2.24) is 0 Å². The highest BCUT2D eigenvalue weighted by molar-refractivity contribution is 5.87. The van der Waals surface area contributed by atoms with Crippen LogP contribution in [0.4, 0.5) is 0 Å².